The number of alkyl halides is 3. The summed E-state index contributed by atoms with van der Waals surface area (Å²) in [4.78, 5) is 10.7. The number of rotatable bonds is 4. The fourth-order valence-corrected chi connectivity index (χ4v) is 2.38. The van der Waals surface area contributed by atoms with Crippen LogP contribution in [0.1, 0.15) is 11.1 Å². The second-order valence-corrected chi connectivity index (χ2v) is 5.42. The van der Waals surface area contributed by atoms with Gasteiger partial charge in [-0.15, -0.1) is 0 Å². The van der Waals surface area contributed by atoms with Crippen LogP contribution in [0.15, 0.2) is 36.7 Å². The van der Waals surface area contributed by atoms with Gasteiger partial charge >= 0.3 is 6.18 Å². The molecule has 0 amide bonds. The summed E-state index contributed by atoms with van der Waals surface area (Å²) in [5.41, 5.74) is 0.526. The molecule has 2 aromatic rings. The van der Waals surface area contributed by atoms with Crippen molar-refractivity contribution in [1.82, 2.24) is 9.97 Å². The van der Waals surface area contributed by atoms with Crippen LogP contribution in [-0.4, -0.2) is 36.3 Å². The number of benzene rings is 1. The fourth-order valence-electron chi connectivity index (χ4n) is 2.38. The fraction of sp³-hybridized carbons (Fsp3) is 0.375. The Bertz CT molecular complexity index is 670. The molecule has 1 aliphatic rings. The Hall–Kier alpha value is -2.35. The van der Waals surface area contributed by atoms with Gasteiger partial charge in [0.25, 0.3) is 0 Å². The summed E-state index contributed by atoms with van der Waals surface area (Å²) in [6.07, 6.45) is -0.989. The smallest absolute Gasteiger partial charge is 0.381 e. The summed E-state index contributed by atoms with van der Waals surface area (Å²) in [5.74, 6) is 0.640. The van der Waals surface area contributed by atoms with Gasteiger partial charge in [-0.2, -0.15) is 13.2 Å². The van der Waals surface area contributed by atoms with Gasteiger partial charge in [0.05, 0.1) is 18.8 Å². The molecule has 24 heavy (non-hydrogen) atoms. The zero-order chi connectivity index (χ0) is 17.0. The number of morpholine rings is 1. The highest BCUT2D eigenvalue weighted by Gasteiger charge is 2.30. The van der Waals surface area contributed by atoms with Crippen molar-refractivity contribution in [2.24, 2.45) is 0 Å². The largest absolute Gasteiger partial charge is 0.416 e. The van der Waals surface area contributed by atoms with Gasteiger partial charge in [0.15, 0.2) is 0 Å². The third-order valence-electron chi connectivity index (χ3n) is 3.67. The molecule has 1 aromatic carbocycles. The van der Waals surface area contributed by atoms with Gasteiger partial charge in [0, 0.05) is 43.3 Å². The second kappa shape index (κ2) is 7.04. The maximum absolute atomic E-state index is 12.7. The predicted octanol–water partition coefficient (Wildman–Crippen LogP) is 2.94. The number of hydrogen-bond donors (Lipinski definition) is 1. The lowest BCUT2D eigenvalue weighted by atomic mass is 10.2. The molecule has 0 atom stereocenters. The van der Waals surface area contributed by atoms with Gasteiger partial charge in [0.2, 0.25) is 5.95 Å². The molecular formula is C16H17F3N4O. The highest BCUT2D eigenvalue weighted by atomic mass is 19.4. The Morgan fingerprint density at radius 2 is 1.83 bits per heavy atom. The van der Waals surface area contributed by atoms with E-state index < -0.39 is 11.7 Å². The van der Waals surface area contributed by atoms with Crippen molar-refractivity contribution in [2.75, 3.05) is 36.5 Å². The Morgan fingerprint density at radius 1 is 1.12 bits per heavy atom. The Kier molecular flexibility index (Phi) is 4.84. The molecule has 0 saturated carbocycles. The molecule has 1 N–H and O–H groups in total. The first kappa shape index (κ1) is 16.5. The molecule has 0 unspecified atom stereocenters. The maximum atomic E-state index is 12.7. The van der Waals surface area contributed by atoms with E-state index in [9.17, 15) is 13.2 Å². The van der Waals surface area contributed by atoms with E-state index in [1.807, 2.05) is 4.90 Å². The number of halogens is 3. The van der Waals surface area contributed by atoms with Crippen LogP contribution in [0.5, 0.6) is 0 Å². The first-order chi connectivity index (χ1) is 11.5. The summed E-state index contributed by atoms with van der Waals surface area (Å²) in [5, 5.41) is 2.96. The molecule has 8 heteroatoms. The van der Waals surface area contributed by atoms with Crippen LogP contribution < -0.4 is 10.2 Å². The van der Waals surface area contributed by atoms with Crippen molar-refractivity contribution in [3.63, 3.8) is 0 Å². The molecule has 1 aliphatic heterocycles. The van der Waals surface area contributed by atoms with Crippen molar-refractivity contribution in [3.8, 4) is 0 Å². The summed E-state index contributed by atoms with van der Waals surface area (Å²) >= 11 is 0. The van der Waals surface area contributed by atoms with E-state index in [0.717, 1.165) is 30.8 Å². The van der Waals surface area contributed by atoms with Gasteiger partial charge in [-0.3, -0.25) is 0 Å². The number of ether oxygens (including phenoxy) is 1. The summed E-state index contributed by atoms with van der Waals surface area (Å²) in [7, 11) is 0. The van der Waals surface area contributed by atoms with Gasteiger partial charge in [-0.25, -0.2) is 9.97 Å². The second-order valence-electron chi connectivity index (χ2n) is 5.42. The Labute approximate surface area is 137 Å². The first-order valence-electron chi connectivity index (χ1n) is 7.57. The average Bonchev–Trinajstić information content (AvgIpc) is 2.61. The zero-order valence-corrected chi connectivity index (χ0v) is 12.9. The van der Waals surface area contributed by atoms with Crippen LogP contribution in [0.25, 0.3) is 0 Å². The molecule has 1 aromatic heterocycles. The van der Waals surface area contributed by atoms with Crippen molar-refractivity contribution in [3.05, 3.63) is 47.8 Å². The van der Waals surface area contributed by atoms with Crippen LogP contribution in [-0.2, 0) is 17.5 Å². The minimum Gasteiger partial charge on any atom is -0.381 e. The molecule has 0 spiro atoms. The molecule has 128 valence electrons. The zero-order valence-electron chi connectivity index (χ0n) is 12.9. The lowest BCUT2D eigenvalue weighted by Gasteiger charge is -2.26. The number of aromatic nitrogens is 2. The van der Waals surface area contributed by atoms with E-state index in [0.29, 0.717) is 31.4 Å². The first-order valence-corrected chi connectivity index (χ1v) is 7.57. The van der Waals surface area contributed by atoms with Crippen LogP contribution >= 0.6 is 0 Å². The topological polar surface area (TPSA) is 50.3 Å². The summed E-state index contributed by atoms with van der Waals surface area (Å²) in [6.45, 7) is 3.17. The minimum absolute atomic E-state index is 0.352. The maximum Gasteiger partial charge on any atom is 0.416 e. The van der Waals surface area contributed by atoms with Crippen molar-refractivity contribution in [2.45, 2.75) is 12.7 Å². The van der Waals surface area contributed by atoms with Gasteiger partial charge < -0.3 is 15.0 Å². The van der Waals surface area contributed by atoms with Gasteiger partial charge in [0.1, 0.15) is 0 Å². The van der Waals surface area contributed by atoms with E-state index in [4.69, 9.17) is 4.74 Å². The molecule has 5 nitrogen and oxygen atoms in total. The van der Waals surface area contributed by atoms with Crippen molar-refractivity contribution < 1.29 is 17.9 Å². The van der Waals surface area contributed by atoms with E-state index in [1.54, 1.807) is 18.5 Å². The van der Waals surface area contributed by atoms with Crippen LogP contribution in [0.4, 0.5) is 24.8 Å². The molecule has 0 radical (unpaired) electrons. The van der Waals surface area contributed by atoms with Crippen molar-refractivity contribution in [1.29, 1.82) is 0 Å². The highest BCUT2D eigenvalue weighted by molar-refractivity contribution is 5.47. The summed E-state index contributed by atoms with van der Waals surface area (Å²) in [6, 6.07) is 5.11. The van der Waals surface area contributed by atoms with Crippen LogP contribution in [0.3, 0.4) is 0 Å². The Balaban J connectivity index is 1.60. The number of anilines is 2. The molecule has 1 saturated heterocycles. The van der Waals surface area contributed by atoms with Crippen LogP contribution in [0.2, 0.25) is 0 Å². The van der Waals surface area contributed by atoms with E-state index in [2.05, 4.69) is 15.3 Å². The minimum atomic E-state index is -4.35. The van der Waals surface area contributed by atoms with Crippen molar-refractivity contribution >= 4 is 11.6 Å². The molecule has 0 bridgehead atoms. The molecule has 1 fully saturated rings. The van der Waals surface area contributed by atoms with Gasteiger partial charge in [-0.05, 0) is 18.2 Å². The molecule has 0 aliphatic carbocycles. The lowest BCUT2D eigenvalue weighted by molar-refractivity contribution is -0.137. The number of nitrogens with one attached hydrogen (secondary N) is 1. The van der Waals surface area contributed by atoms with Crippen LogP contribution in [0, 0.1) is 0 Å². The monoisotopic (exact) mass is 338 g/mol. The lowest BCUT2D eigenvalue weighted by Crippen LogP contribution is -2.37. The number of nitrogens with zero attached hydrogens (tertiary/aromatic N) is 3. The van der Waals surface area contributed by atoms with Gasteiger partial charge in [-0.1, -0.05) is 6.07 Å². The quantitative estimate of drug-likeness (QED) is 0.929. The average molecular weight is 338 g/mol. The third kappa shape index (κ3) is 4.14. The summed E-state index contributed by atoms with van der Waals surface area (Å²) < 4.78 is 43.4. The highest BCUT2D eigenvalue weighted by Crippen LogP contribution is 2.30. The third-order valence-corrected chi connectivity index (χ3v) is 3.67. The molecule has 2 heterocycles. The SMILES string of the molecule is FC(F)(F)c1cccc(NCc2cnc(N3CCOCC3)nc2)c1. The Morgan fingerprint density at radius 3 is 2.50 bits per heavy atom. The molecule has 3 rings (SSSR count). The predicted molar refractivity (Wildman–Crippen MR) is 83.8 cm³/mol. The standard InChI is InChI=1S/C16H17F3N4O/c17-16(18,19)13-2-1-3-14(8-13)20-9-12-10-21-15(22-11-12)23-4-6-24-7-5-23/h1-3,8,10-11,20H,4-7,9H2. The van der Waals surface area contributed by atoms with E-state index in [-0.39, 0.29) is 0 Å². The van der Waals surface area contributed by atoms with E-state index in [1.165, 1.54) is 6.07 Å². The molecular weight excluding hydrogens is 321 g/mol. The van der Waals surface area contributed by atoms with E-state index >= 15 is 0 Å². The number of hydrogen-bond acceptors (Lipinski definition) is 5. The normalized spacial score (nSPS) is 15.4.